The highest BCUT2D eigenvalue weighted by Gasteiger charge is 2.18. The molecule has 0 fully saturated rings. The van der Waals surface area contributed by atoms with Crippen LogP contribution in [0.4, 0.5) is 0 Å². The second-order valence-corrected chi connectivity index (χ2v) is 4.60. The summed E-state index contributed by atoms with van der Waals surface area (Å²) in [5, 5.41) is 18.7. The van der Waals surface area contributed by atoms with Gasteiger partial charge in [0.1, 0.15) is 23.0 Å². The molecule has 0 bridgehead atoms. The van der Waals surface area contributed by atoms with E-state index in [1.807, 2.05) is 0 Å². The number of esters is 1. The van der Waals surface area contributed by atoms with Crippen LogP contribution in [0.5, 0.6) is 23.0 Å². The summed E-state index contributed by atoms with van der Waals surface area (Å²) in [4.78, 5) is 12.1. The molecule has 5 heteroatoms. The highest BCUT2D eigenvalue weighted by molar-refractivity contribution is 5.80. The minimum Gasteiger partial charge on any atom is -0.508 e. The molecule has 21 heavy (non-hydrogen) atoms. The molecule has 0 aliphatic rings. The average Bonchev–Trinajstić information content (AvgIpc) is 2.45. The second kappa shape index (κ2) is 6.17. The van der Waals surface area contributed by atoms with Gasteiger partial charge in [0.25, 0.3) is 0 Å². The van der Waals surface area contributed by atoms with Crippen molar-refractivity contribution in [2.75, 3.05) is 7.11 Å². The first-order chi connectivity index (χ1) is 9.99. The minimum absolute atomic E-state index is 0.0952. The summed E-state index contributed by atoms with van der Waals surface area (Å²) in [6, 6.07) is 10.8. The lowest BCUT2D eigenvalue weighted by Gasteiger charge is -2.12. The van der Waals surface area contributed by atoms with Gasteiger partial charge in [-0.3, -0.25) is 4.79 Å². The Morgan fingerprint density at radius 2 is 1.57 bits per heavy atom. The number of hydrogen-bond donors (Lipinski definition) is 2. The minimum atomic E-state index is -0.486. The molecule has 2 N–H and O–H groups in total. The van der Waals surface area contributed by atoms with Crippen molar-refractivity contribution in [3.05, 3.63) is 48.0 Å². The van der Waals surface area contributed by atoms with Gasteiger partial charge in [-0.05, 0) is 24.6 Å². The molecule has 0 spiro atoms. The Balaban J connectivity index is 2.11. The van der Waals surface area contributed by atoms with E-state index < -0.39 is 11.9 Å². The third-order valence-electron chi connectivity index (χ3n) is 3.06. The van der Waals surface area contributed by atoms with E-state index in [0.717, 1.165) is 11.6 Å². The predicted molar refractivity (Wildman–Crippen MR) is 76.8 cm³/mol. The molecule has 1 unspecified atom stereocenters. The molecule has 1 atom stereocenters. The zero-order valence-electron chi connectivity index (χ0n) is 11.7. The molecule has 0 aromatic heterocycles. The van der Waals surface area contributed by atoms with E-state index in [1.54, 1.807) is 38.3 Å². The zero-order chi connectivity index (χ0) is 15.4. The standard InChI is InChI=1S/C16H16O5/c1-10(11-3-5-14(20-2)6-4-11)16(19)21-15-8-12(17)7-13(18)9-15/h3-10,17-18H,1-2H3. The zero-order valence-corrected chi connectivity index (χ0v) is 11.7. The maximum absolute atomic E-state index is 12.1. The number of hydrogen-bond acceptors (Lipinski definition) is 5. The van der Waals surface area contributed by atoms with Crippen molar-refractivity contribution in [3.63, 3.8) is 0 Å². The first-order valence-electron chi connectivity index (χ1n) is 6.38. The monoisotopic (exact) mass is 288 g/mol. The molecule has 0 heterocycles. The first kappa shape index (κ1) is 14.7. The smallest absolute Gasteiger partial charge is 0.318 e. The van der Waals surface area contributed by atoms with E-state index in [2.05, 4.69) is 0 Å². The van der Waals surface area contributed by atoms with E-state index in [0.29, 0.717) is 5.75 Å². The summed E-state index contributed by atoms with van der Waals surface area (Å²) >= 11 is 0. The van der Waals surface area contributed by atoms with Gasteiger partial charge in [-0.2, -0.15) is 0 Å². The Labute approximate surface area is 122 Å². The van der Waals surface area contributed by atoms with Crippen molar-refractivity contribution in [3.8, 4) is 23.0 Å². The SMILES string of the molecule is COc1ccc(C(C)C(=O)Oc2cc(O)cc(O)c2)cc1. The van der Waals surface area contributed by atoms with Crippen molar-refractivity contribution in [1.29, 1.82) is 0 Å². The Morgan fingerprint density at radius 1 is 1.00 bits per heavy atom. The van der Waals surface area contributed by atoms with Crippen molar-refractivity contribution in [1.82, 2.24) is 0 Å². The quantitative estimate of drug-likeness (QED) is 0.668. The number of aromatic hydroxyl groups is 2. The van der Waals surface area contributed by atoms with Crippen molar-refractivity contribution in [2.45, 2.75) is 12.8 Å². The molecule has 5 nitrogen and oxygen atoms in total. The molecule has 0 saturated heterocycles. The molecule has 0 aliphatic carbocycles. The lowest BCUT2D eigenvalue weighted by molar-refractivity contribution is -0.135. The summed E-state index contributed by atoms with van der Waals surface area (Å²) < 4.78 is 10.2. The molecule has 2 aromatic carbocycles. The molecule has 0 amide bonds. The van der Waals surface area contributed by atoms with Gasteiger partial charge in [0.05, 0.1) is 13.0 Å². The van der Waals surface area contributed by atoms with E-state index in [9.17, 15) is 15.0 Å². The topological polar surface area (TPSA) is 76.0 Å². The largest absolute Gasteiger partial charge is 0.508 e. The van der Waals surface area contributed by atoms with Crippen molar-refractivity contribution in [2.24, 2.45) is 0 Å². The van der Waals surface area contributed by atoms with Crippen molar-refractivity contribution < 1.29 is 24.5 Å². The van der Waals surface area contributed by atoms with Crippen LogP contribution in [0.1, 0.15) is 18.4 Å². The Hall–Kier alpha value is -2.69. The van der Waals surface area contributed by atoms with Crippen LogP contribution in [0.2, 0.25) is 0 Å². The van der Waals surface area contributed by atoms with Crippen LogP contribution in [-0.4, -0.2) is 23.3 Å². The number of carbonyl (C=O) groups is 1. The van der Waals surface area contributed by atoms with Crippen LogP contribution in [0.25, 0.3) is 0 Å². The van der Waals surface area contributed by atoms with E-state index in [-0.39, 0.29) is 17.2 Å². The maximum Gasteiger partial charge on any atom is 0.318 e. The van der Waals surface area contributed by atoms with Gasteiger partial charge < -0.3 is 19.7 Å². The van der Waals surface area contributed by atoms with Gasteiger partial charge in [0, 0.05) is 18.2 Å². The summed E-state index contributed by atoms with van der Waals surface area (Å²) in [6.45, 7) is 1.72. The first-order valence-corrected chi connectivity index (χ1v) is 6.38. The maximum atomic E-state index is 12.1. The summed E-state index contributed by atoms with van der Waals surface area (Å²) in [5.74, 6) is -0.509. The van der Waals surface area contributed by atoms with Gasteiger partial charge >= 0.3 is 5.97 Å². The van der Waals surface area contributed by atoms with Gasteiger partial charge in [0.15, 0.2) is 0 Å². The van der Waals surface area contributed by atoms with Gasteiger partial charge in [-0.1, -0.05) is 12.1 Å². The average molecular weight is 288 g/mol. The molecule has 110 valence electrons. The second-order valence-electron chi connectivity index (χ2n) is 4.60. The van der Waals surface area contributed by atoms with Gasteiger partial charge in [0.2, 0.25) is 0 Å². The lowest BCUT2D eigenvalue weighted by atomic mass is 10.0. The number of carbonyl (C=O) groups excluding carboxylic acids is 1. The molecular weight excluding hydrogens is 272 g/mol. The summed E-state index contributed by atoms with van der Waals surface area (Å²) in [7, 11) is 1.57. The fourth-order valence-electron chi connectivity index (χ4n) is 1.86. The van der Waals surface area contributed by atoms with Crippen molar-refractivity contribution >= 4 is 5.97 Å². The van der Waals surface area contributed by atoms with Crippen LogP contribution in [0.3, 0.4) is 0 Å². The fourth-order valence-corrected chi connectivity index (χ4v) is 1.86. The third-order valence-corrected chi connectivity index (χ3v) is 3.06. The number of ether oxygens (including phenoxy) is 2. The Bertz CT molecular complexity index is 613. The van der Waals surface area contributed by atoms with Crippen LogP contribution >= 0.6 is 0 Å². The van der Waals surface area contributed by atoms with Crippen LogP contribution in [-0.2, 0) is 4.79 Å². The fraction of sp³-hybridized carbons (Fsp3) is 0.188. The highest BCUT2D eigenvalue weighted by atomic mass is 16.5. The normalized spacial score (nSPS) is 11.7. The molecule has 0 saturated carbocycles. The Kier molecular flexibility index (Phi) is 4.33. The molecule has 0 radical (unpaired) electrons. The molecule has 0 aliphatic heterocycles. The summed E-state index contributed by atoms with van der Waals surface area (Å²) in [5.41, 5.74) is 0.783. The summed E-state index contributed by atoms with van der Waals surface area (Å²) in [6.07, 6.45) is 0. The number of phenols is 2. The Morgan fingerprint density at radius 3 is 2.10 bits per heavy atom. The molecule has 2 rings (SSSR count). The third kappa shape index (κ3) is 3.66. The number of phenolic OH excluding ortho intramolecular Hbond substituents is 2. The van der Waals surface area contributed by atoms with E-state index >= 15 is 0 Å². The molecule has 2 aromatic rings. The van der Waals surface area contributed by atoms with Gasteiger partial charge in [-0.15, -0.1) is 0 Å². The van der Waals surface area contributed by atoms with Crippen LogP contribution < -0.4 is 9.47 Å². The number of methoxy groups -OCH3 is 1. The predicted octanol–water partition coefficient (Wildman–Crippen LogP) is 2.82. The number of rotatable bonds is 4. The van der Waals surface area contributed by atoms with Crippen LogP contribution in [0, 0.1) is 0 Å². The van der Waals surface area contributed by atoms with Gasteiger partial charge in [-0.25, -0.2) is 0 Å². The lowest BCUT2D eigenvalue weighted by Crippen LogP contribution is -2.16. The highest BCUT2D eigenvalue weighted by Crippen LogP contribution is 2.27. The van der Waals surface area contributed by atoms with E-state index in [4.69, 9.17) is 9.47 Å². The molecular formula is C16H16O5. The van der Waals surface area contributed by atoms with Crippen LogP contribution in [0.15, 0.2) is 42.5 Å². The van der Waals surface area contributed by atoms with E-state index in [1.165, 1.54) is 12.1 Å². The number of benzene rings is 2.